The fourth-order valence-corrected chi connectivity index (χ4v) is 2.05. The van der Waals surface area contributed by atoms with Crippen LogP contribution < -0.4 is 5.32 Å². The van der Waals surface area contributed by atoms with Crippen LogP contribution in [0.15, 0.2) is 0 Å². The predicted octanol–water partition coefficient (Wildman–Crippen LogP) is -0.00660. The number of aliphatic carboxylic acids is 1. The van der Waals surface area contributed by atoms with Crippen molar-refractivity contribution in [3.8, 4) is 0 Å². The van der Waals surface area contributed by atoms with Crippen LogP contribution in [0, 0.1) is 0 Å². The maximum Gasteiger partial charge on any atom is 0.317 e. The molecule has 0 unspecified atom stereocenters. The van der Waals surface area contributed by atoms with Crippen LogP contribution in [-0.4, -0.2) is 71.6 Å². The zero-order chi connectivity index (χ0) is 14.5. The molecular formula is C13H25N3O3. The fraction of sp³-hybridized carbons (Fsp3) is 0.846. The molecule has 1 rings (SSSR count). The SMILES string of the molecule is CC(C)(C)NCCC(=O)N1CCN(CC(=O)O)CC1. The van der Waals surface area contributed by atoms with E-state index in [9.17, 15) is 9.59 Å². The van der Waals surface area contributed by atoms with Gasteiger partial charge in [0.05, 0.1) is 6.54 Å². The molecule has 110 valence electrons. The molecule has 0 aliphatic carbocycles. The van der Waals surface area contributed by atoms with Gasteiger partial charge >= 0.3 is 5.97 Å². The molecular weight excluding hydrogens is 246 g/mol. The quantitative estimate of drug-likeness (QED) is 0.736. The van der Waals surface area contributed by atoms with E-state index in [0.717, 1.165) is 0 Å². The Morgan fingerprint density at radius 3 is 2.21 bits per heavy atom. The average Bonchev–Trinajstić information content (AvgIpc) is 2.27. The van der Waals surface area contributed by atoms with Gasteiger partial charge in [0.1, 0.15) is 0 Å². The Morgan fingerprint density at radius 1 is 1.16 bits per heavy atom. The average molecular weight is 271 g/mol. The Hall–Kier alpha value is -1.14. The van der Waals surface area contributed by atoms with Gasteiger partial charge in [0.25, 0.3) is 0 Å². The lowest BCUT2D eigenvalue weighted by molar-refractivity contribution is -0.139. The lowest BCUT2D eigenvalue weighted by Crippen LogP contribution is -2.50. The summed E-state index contributed by atoms with van der Waals surface area (Å²) in [7, 11) is 0. The Morgan fingerprint density at radius 2 is 1.74 bits per heavy atom. The van der Waals surface area contributed by atoms with E-state index in [4.69, 9.17) is 5.11 Å². The van der Waals surface area contributed by atoms with Crippen LogP contribution in [0.5, 0.6) is 0 Å². The first kappa shape index (κ1) is 15.9. The summed E-state index contributed by atoms with van der Waals surface area (Å²) < 4.78 is 0. The highest BCUT2D eigenvalue weighted by molar-refractivity contribution is 5.76. The summed E-state index contributed by atoms with van der Waals surface area (Å²) in [5.74, 6) is -0.666. The molecule has 1 amide bonds. The smallest absolute Gasteiger partial charge is 0.317 e. The molecule has 1 fully saturated rings. The molecule has 1 heterocycles. The molecule has 6 nitrogen and oxygen atoms in total. The van der Waals surface area contributed by atoms with Crippen molar-refractivity contribution in [3.63, 3.8) is 0 Å². The number of carboxylic acids is 1. The zero-order valence-corrected chi connectivity index (χ0v) is 12.1. The van der Waals surface area contributed by atoms with Gasteiger partial charge in [-0.1, -0.05) is 0 Å². The van der Waals surface area contributed by atoms with Gasteiger partial charge in [0.2, 0.25) is 5.91 Å². The monoisotopic (exact) mass is 271 g/mol. The minimum Gasteiger partial charge on any atom is -0.480 e. The predicted molar refractivity (Wildman–Crippen MR) is 73.0 cm³/mol. The third-order valence-electron chi connectivity index (χ3n) is 3.08. The maximum absolute atomic E-state index is 12.0. The van der Waals surface area contributed by atoms with Gasteiger partial charge in [-0.05, 0) is 20.8 Å². The first-order valence-electron chi connectivity index (χ1n) is 6.75. The number of nitrogens with one attached hydrogen (secondary N) is 1. The number of nitrogens with zero attached hydrogens (tertiary/aromatic N) is 2. The van der Waals surface area contributed by atoms with Gasteiger partial charge in [0, 0.05) is 44.7 Å². The summed E-state index contributed by atoms with van der Waals surface area (Å²) in [5, 5.41) is 12.0. The van der Waals surface area contributed by atoms with E-state index in [1.807, 2.05) is 9.80 Å². The van der Waals surface area contributed by atoms with Gasteiger partial charge in [0.15, 0.2) is 0 Å². The molecule has 2 N–H and O–H groups in total. The summed E-state index contributed by atoms with van der Waals surface area (Å²) in [5.41, 5.74) is 0.0282. The Bertz CT molecular complexity index is 318. The molecule has 0 aromatic rings. The minimum atomic E-state index is -0.811. The van der Waals surface area contributed by atoms with E-state index in [1.165, 1.54) is 0 Å². The highest BCUT2D eigenvalue weighted by Crippen LogP contribution is 2.04. The van der Waals surface area contributed by atoms with Gasteiger partial charge in [-0.25, -0.2) is 0 Å². The molecule has 1 aliphatic heterocycles. The molecule has 0 bridgehead atoms. The summed E-state index contributed by atoms with van der Waals surface area (Å²) in [6, 6.07) is 0. The number of rotatable bonds is 5. The van der Waals surface area contributed by atoms with Crippen molar-refractivity contribution < 1.29 is 14.7 Å². The molecule has 0 spiro atoms. The number of hydrogen-bond acceptors (Lipinski definition) is 4. The van der Waals surface area contributed by atoms with E-state index < -0.39 is 5.97 Å². The third kappa shape index (κ3) is 6.54. The van der Waals surface area contributed by atoms with Crippen molar-refractivity contribution in [2.75, 3.05) is 39.3 Å². The van der Waals surface area contributed by atoms with Crippen LogP contribution in [0.1, 0.15) is 27.2 Å². The third-order valence-corrected chi connectivity index (χ3v) is 3.08. The van der Waals surface area contributed by atoms with Crippen LogP contribution in [0.2, 0.25) is 0 Å². The second-order valence-electron chi connectivity index (χ2n) is 5.98. The van der Waals surface area contributed by atoms with Crippen LogP contribution in [0.3, 0.4) is 0 Å². The molecule has 1 saturated heterocycles. The fourth-order valence-electron chi connectivity index (χ4n) is 2.05. The van der Waals surface area contributed by atoms with Crippen LogP contribution in [0.4, 0.5) is 0 Å². The van der Waals surface area contributed by atoms with Crippen molar-refractivity contribution in [2.45, 2.75) is 32.7 Å². The topological polar surface area (TPSA) is 72.9 Å². The number of hydrogen-bond donors (Lipinski definition) is 2. The lowest BCUT2D eigenvalue weighted by Gasteiger charge is -2.34. The normalized spacial score (nSPS) is 17.5. The number of carbonyl (C=O) groups excluding carboxylic acids is 1. The summed E-state index contributed by atoms with van der Waals surface area (Å²) in [6.07, 6.45) is 0.496. The summed E-state index contributed by atoms with van der Waals surface area (Å²) in [4.78, 5) is 26.2. The van der Waals surface area contributed by atoms with E-state index in [0.29, 0.717) is 39.1 Å². The zero-order valence-electron chi connectivity index (χ0n) is 12.1. The van der Waals surface area contributed by atoms with Crippen molar-refractivity contribution in [3.05, 3.63) is 0 Å². The molecule has 0 aromatic carbocycles. The number of carboxylic acid groups (broad SMARTS) is 1. The van der Waals surface area contributed by atoms with Crippen molar-refractivity contribution in [1.82, 2.24) is 15.1 Å². The summed E-state index contributed by atoms with van der Waals surface area (Å²) >= 11 is 0. The first-order chi connectivity index (χ1) is 8.78. The van der Waals surface area contributed by atoms with Crippen LogP contribution in [-0.2, 0) is 9.59 Å². The molecule has 6 heteroatoms. The van der Waals surface area contributed by atoms with Gasteiger partial charge < -0.3 is 15.3 Å². The molecule has 0 saturated carbocycles. The van der Waals surface area contributed by atoms with Gasteiger partial charge in [-0.2, -0.15) is 0 Å². The summed E-state index contributed by atoms with van der Waals surface area (Å²) in [6.45, 7) is 9.50. The van der Waals surface area contributed by atoms with Crippen molar-refractivity contribution in [2.24, 2.45) is 0 Å². The maximum atomic E-state index is 12.0. The number of piperazine rings is 1. The second-order valence-corrected chi connectivity index (χ2v) is 5.98. The number of amides is 1. The Labute approximate surface area is 114 Å². The highest BCUT2D eigenvalue weighted by Gasteiger charge is 2.22. The molecule has 0 radical (unpaired) electrons. The Kier molecular flexibility index (Phi) is 5.75. The van der Waals surface area contributed by atoms with E-state index in [2.05, 4.69) is 26.1 Å². The molecule has 0 atom stereocenters. The standard InChI is InChI=1S/C13H25N3O3/c1-13(2,3)14-5-4-11(17)16-8-6-15(7-9-16)10-12(18)19/h14H,4-10H2,1-3H3,(H,18,19). The molecule has 1 aliphatic rings. The van der Waals surface area contributed by atoms with Crippen molar-refractivity contribution in [1.29, 1.82) is 0 Å². The highest BCUT2D eigenvalue weighted by atomic mass is 16.4. The van der Waals surface area contributed by atoms with E-state index in [1.54, 1.807) is 0 Å². The molecule has 19 heavy (non-hydrogen) atoms. The van der Waals surface area contributed by atoms with E-state index >= 15 is 0 Å². The van der Waals surface area contributed by atoms with Gasteiger partial charge in [-0.3, -0.25) is 14.5 Å². The minimum absolute atomic E-state index is 0.0282. The van der Waals surface area contributed by atoms with E-state index in [-0.39, 0.29) is 18.0 Å². The van der Waals surface area contributed by atoms with Crippen LogP contribution >= 0.6 is 0 Å². The Balaban J connectivity index is 2.23. The first-order valence-corrected chi connectivity index (χ1v) is 6.75. The van der Waals surface area contributed by atoms with Gasteiger partial charge in [-0.15, -0.1) is 0 Å². The number of carbonyl (C=O) groups is 2. The largest absolute Gasteiger partial charge is 0.480 e. The lowest BCUT2D eigenvalue weighted by atomic mass is 10.1. The van der Waals surface area contributed by atoms with Crippen LogP contribution in [0.25, 0.3) is 0 Å². The second kappa shape index (κ2) is 6.86. The molecule has 0 aromatic heterocycles. The van der Waals surface area contributed by atoms with Crippen molar-refractivity contribution >= 4 is 11.9 Å².